The number of benzene rings is 1. The van der Waals surface area contributed by atoms with Crippen molar-refractivity contribution >= 4 is 16.3 Å². The van der Waals surface area contributed by atoms with Gasteiger partial charge in [-0.25, -0.2) is 4.98 Å². The zero-order valence-corrected chi connectivity index (χ0v) is 17.4. The fraction of sp³-hybridized carbons (Fsp3) is 0.455. The lowest BCUT2D eigenvalue weighted by Crippen LogP contribution is -2.26. The number of thiazole rings is 1. The molecule has 0 bridgehead atoms. The Morgan fingerprint density at radius 3 is 2.71 bits per heavy atom. The van der Waals surface area contributed by atoms with Crippen molar-refractivity contribution in [2.45, 2.75) is 52.1 Å². The van der Waals surface area contributed by atoms with Crippen molar-refractivity contribution in [2.75, 3.05) is 13.7 Å². The first-order chi connectivity index (χ1) is 13.7. The van der Waals surface area contributed by atoms with Crippen molar-refractivity contribution in [1.29, 1.82) is 0 Å². The molecule has 2 heterocycles. The molecule has 5 nitrogen and oxygen atoms in total. The predicted molar refractivity (Wildman–Crippen MR) is 113 cm³/mol. The number of fused-ring (bicyclic) bond motifs is 3. The molecular formula is C22H27N3O2S. The molecule has 0 fully saturated rings. The van der Waals surface area contributed by atoms with Gasteiger partial charge in [-0.15, -0.1) is 11.3 Å². The van der Waals surface area contributed by atoms with Crippen LogP contribution < -0.4 is 10.3 Å². The summed E-state index contributed by atoms with van der Waals surface area (Å²) in [6, 6.07) is 9.91. The van der Waals surface area contributed by atoms with E-state index >= 15 is 0 Å². The molecule has 0 amide bonds. The third-order valence-corrected chi connectivity index (χ3v) is 6.45. The van der Waals surface area contributed by atoms with Crippen LogP contribution in [-0.2, 0) is 25.9 Å². The number of methoxy groups -OCH3 is 1. The first-order valence-corrected chi connectivity index (χ1v) is 10.9. The van der Waals surface area contributed by atoms with Gasteiger partial charge in [-0.2, -0.15) is 0 Å². The van der Waals surface area contributed by atoms with Crippen molar-refractivity contribution < 1.29 is 4.74 Å². The molecule has 0 radical (unpaired) electrons. The Balaban J connectivity index is 1.57. The summed E-state index contributed by atoms with van der Waals surface area (Å²) in [5.41, 5.74) is 3.36. The lowest BCUT2D eigenvalue weighted by atomic mass is 10.0. The standard InChI is InChI=1S/C22H27N3O2S/c1-3-12-24(14-16-8-10-18(27-2)11-9-16)15-17-13-21(26)25-19-6-4-5-7-20(19)28-22(25)23-17/h8-11,13H,3-7,12,14-15H2,1-2H3. The maximum Gasteiger partial charge on any atom is 0.259 e. The molecule has 0 spiro atoms. The largest absolute Gasteiger partial charge is 0.497 e. The van der Waals surface area contributed by atoms with E-state index in [1.165, 1.54) is 29.0 Å². The molecule has 0 N–H and O–H groups in total. The summed E-state index contributed by atoms with van der Waals surface area (Å²) in [5.74, 6) is 0.868. The van der Waals surface area contributed by atoms with Gasteiger partial charge in [0.05, 0.1) is 12.8 Å². The number of rotatable bonds is 7. The minimum atomic E-state index is 0.0697. The summed E-state index contributed by atoms with van der Waals surface area (Å²) in [4.78, 5) is 22.2. The Morgan fingerprint density at radius 1 is 1.18 bits per heavy atom. The minimum absolute atomic E-state index is 0.0697. The van der Waals surface area contributed by atoms with Crippen molar-refractivity contribution in [1.82, 2.24) is 14.3 Å². The highest BCUT2D eigenvalue weighted by atomic mass is 32.1. The van der Waals surface area contributed by atoms with Crippen LogP contribution in [0.3, 0.4) is 0 Å². The van der Waals surface area contributed by atoms with Crippen molar-refractivity contribution in [2.24, 2.45) is 0 Å². The summed E-state index contributed by atoms with van der Waals surface area (Å²) < 4.78 is 7.09. The van der Waals surface area contributed by atoms with Crippen LogP contribution >= 0.6 is 11.3 Å². The van der Waals surface area contributed by atoms with Gasteiger partial charge < -0.3 is 4.74 Å². The first-order valence-electron chi connectivity index (χ1n) is 10.1. The van der Waals surface area contributed by atoms with Crippen molar-refractivity contribution in [3.8, 4) is 5.75 Å². The number of nitrogens with zero attached hydrogens (tertiary/aromatic N) is 3. The van der Waals surface area contributed by atoms with E-state index in [9.17, 15) is 4.79 Å². The fourth-order valence-electron chi connectivity index (χ4n) is 3.97. The lowest BCUT2D eigenvalue weighted by molar-refractivity contribution is 0.254. The van der Waals surface area contributed by atoms with Gasteiger partial charge in [0.1, 0.15) is 5.75 Å². The van der Waals surface area contributed by atoms with E-state index in [-0.39, 0.29) is 5.56 Å². The SMILES string of the molecule is CCCN(Cc1ccc(OC)cc1)Cc1cc(=O)n2c3c(sc2n1)CCCC3. The number of ether oxygens (including phenoxy) is 1. The van der Waals surface area contributed by atoms with Gasteiger partial charge in [-0.05, 0) is 56.3 Å². The summed E-state index contributed by atoms with van der Waals surface area (Å²) in [6.45, 7) is 4.67. The van der Waals surface area contributed by atoms with Crippen molar-refractivity contribution in [3.05, 3.63) is 62.5 Å². The van der Waals surface area contributed by atoms with Crippen LogP contribution in [0.1, 0.15) is 48.0 Å². The second-order valence-electron chi connectivity index (χ2n) is 7.44. The highest BCUT2D eigenvalue weighted by Crippen LogP contribution is 2.28. The normalized spacial score (nSPS) is 13.8. The van der Waals surface area contributed by atoms with Crippen molar-refractivity contribution in [3.63, 3.8) is 0 Å². The second kappa shape index (κ2) is 8.45. The molecule has 2 aromatic heterocycles. The number of hydrogen-bond donors (Lipinski definition) is 0. The number of aryl methyl sites for hydroxylation is 2. The summed E-state index contributed by atoms with van der Waals surface area (Å²) in [7, 11) is 1.68. The van der Waals surface area contributed by atoms with Crippen LogP contribution in [0.25, 0.3) is 4.96 Å². The highest BCUT2D eigenvalue weighted by Gasteiger charge is 2.19. The Kier molecular flexibility index (Phi) is 5.78. The third kappa shape index (κ3) is 3.98. The third-order valence-electron chi connectivity index (χ3n) is 5.31. The van der Waals surface area contributed by atoms with Crippen LogP contribution in [0.2, 0.25) is 0 Å². The van der Waals surface area contributed by atoms with Crippen LogP contribution in [0.5, 0.6) is 5.75 Å². The monoisotopic (exact) mass is 397 g/mol. The maximum absolute atomic E-state index is 12.8. The van der Waals surface area contributed by atoms with E-state index < -0.39 is 0 Å². The van der Waals surface area contributed by atoms with Gasteiger partial charge in [0.15, 0.2) is 4.96 Å². The molecule has 0 atom stereocenters. The molecule has 0 unspecified atom stereocenters. The number of aromatic nitrogens is 2. The van der Waals surface area contributed by atoms with E-state index in [2.05, 4.69) is 24.0 Å². The molecule has 4 rings (SSSR count). The second-order valence-corrected chi connectivity index (χ2v) is 8.50. The van der Waals surface area contributed by atoms with E-state index in [1.54, 1.807) is 24.5 Å². The fourth-order valence-corrected chi connectivity index (χ4v) is 5.20. The van der Waals surface area contributed by atoms with Crippen LogP contribution in [0.4, 0.5) is 0 Å². The Labute approximate surface area is 169 Å². The van der Waals surface area contributed by atoms with Gasteiger partial charge in [0, 0.05) is 29.7 Å². The van der Waals surface area contributed by atoms with Gasteiger partial charge >= 0.3 is 0 Å². The zero-order chi connectivity index (χ0) is 19.5. The Bertz CT molecular complexity index is 1010. The van der Waals surface area contributed by atoms with Gasteiger partial charge in [0.2, 0.25) is 0 Å². The molecular weight excluding hydrogens is 370 g/mol. The van der Waals surface area contributed by atoms with Crippen LogP contribution in [0.15, 0.2) is 35.1 Å². The molecule has 1 aliphatic rings. The van der Waals surface area contributed by atoms with Gasteiger partial charge in [-0.1, -0.05) is 19.1 Å². The highest BCUT2D eigenvalue weighted by molar-refractivity contribution is 7.17. The minimum Gasteiger partial charge on any atom is -0.497 e. The van der Waals surface area contributed by atoms with E-state index in [0.717, 1.165) is 48.8 Å². The molecule has 6 heteroatoms. The molecule has 1 aliphatic carbocycles. The molecule has 148 valence electrons. The van der Waals surface area contributed by atoms with E-state index in [4.69, 9.17) is 9.72 Å². The van der Waals surface area contributed by atoms with Gasteiger partial charge in [0.25, 0.3) is 5.56 Å². The van der Waals surface area contributed by atoms with E-state index in [1.807, 2.05) is 16.5 Å². The molecule has 0 saturated heterocycles. The predicted octanol–water partition coefficient (Wildman–Crippen LogP) is 4.06. The summed E-state index contributed by atoms with van der Waals surface area (Å²) in [5, 5.41) is 0. The molecule has 28 heavy (non-hydrogen) atoms. The topological polar surface area (TPSA) is 46.8 Å². The molecule has 0 aliphatic heterocycles. The molecule has 3 aromatic rings. The molecule has 1 aromatic carbocycles. The molecule has 0 saturated carbocycles. The Morgan fingerprint density at radius 2 is 1.96 bits per heavy atom. The maximum atomic E-state index is 12.8. The van der Waals surface area contributed by atoms with E-state index in [0.29, 0.717) is 6.54 Å². The summed E-state index contributed by atoms with van der Waals surface area (Å²) >= 11 is 1.70. The zero-order valence-electron chi connectivity index (χ0n) is 16.6. The smallest absolute Gasteiger partial charge is 0.259 e. The quantitative estimate of drug-likeness (QED) is 0.603. The first kappa shape index (κ1) is 19.2. The summed E-state index contributed by atoms with van der Waals surface area (Å²) in [6.07, 6.45) is 5.52. The van der Waals surface area contributed by atoms with Gasteiger partial charge in [-0.3, -0.25) is 14.1 Å². The lowest BCUT2D eigenvalue weighted by Gasteiger charge is -2.21. The average molecular weight is 398 g/mol. The van der Waals surface area contributed by atoms with Crippen LogP contribution in [-0.4, -0.2) is 27.9 Å². The van der Waals surface area contributed by atoms with Crippen LogP contribution in [0, 0.1) is 0 Å². The number of hydrogen-bond acceptors (Lipinski definition) is 5. The Hall–Kier alpha value is -2.18. The average Bonchev–Trinajstić information content (AvgIpc) is 3.07.